The highest BCUT2D eigenvalue weighted by Crippen LogP contribution is 2.42. The predicted molar refractivity (Wildman–Crippen MR) is 120 cm³/mol. The van der Waals surface area contributed by atoms with Crippen molar-refractivity contribution in [3.63, 3.8) is 0 Å². The first kappa shape index (κ1) is 27.4. The number of alkyl halides is 6. The molecule has 0 saturated heterocycles. The molecule has 16 heteroatoms. The maximum Gasteiger partial charge on any atom is 0.340 e. The Hall–Kier alpha value is -1.82. The molecule has 0 amide bonds. The second-order valence-corrected chi connectivity index (χ2v) is 10.5. The van der Waals surface area contributed by atoms with Gasteiger partial charge in [0.25, 0.3) is 0 Å². The van der Waals surface area contributed by atoms with E-state index in [1.807, 2.05) is 0 Å². The minimum atomic E-state index is -2.20. The third-order valence-corrected chi connectivity index (χ3v) is 4.63. The van der Waals surface area contributed by atoms with Crippen molar-refractivity contribution in [1.29, 1.82) is 0 Å². The quantitative estimate of drug-likeness (QED) is 0.271. The minimum Gasteiger partial charge on any atom is -0.488 e. The molecule has 0 aliphatic heterocycles. The van der Waals surface area contributed by atoms with Crippen LogP contribution in [0.4, 0.5) is 0 Å². The van der Waals surface area contributed by atoms with Crippen molar-refractivity contribution in [3.8, 4) is 17.1 Å². The number of hydrogen-bond acceptors (Lipinski definition) is 8. The zero-order chi connectivity index (χ0) is 25.1. The molecule has 0 aliphatic rings. The van der Waals surface area contributed by atoms with Gasteiger partial charge in [-0.3, -0.25) is 4.79 Å². The summed E-state index contributed by atoms with van der Waals surface area (Å²) in [5.74, 6) is -5.58. The fourth-order valence-electron chi connectivity index (χ4n) is 2.38. The lowest BCUT2D eigenvalue weighted by atomic mass is 10.0. The summed E-state index contributed by atoms with van der Waals surface area (Å²) < 4.78 is 5.80. The molecule has 1 heterocycles. The maximum absolute atomic E-state index is 11.9. The van der Waals surface area contributed by atoms with Gasteiger partial charge in [-0.2, -0.15) is 0 Å². The average molecular weight is 582 g/mol. The standard InChI is InChI=1S/C17H11Cl6N3O7/c1-6(27)32-4-5-33-10-8(3-2-7(12(28)29)9(10)13(30)31)11-24-14(16(18,19)20)26-15(25-11)17(21,22)23/h2-3H,4-5H2,1H3,(H,28,29)(H,30,31). The van der Waals surface area contributed by atoms with Crippen LogP contribution >= 0.6 is 69.6 Å². The van der Waals surface area contributed by atoms with Crippen LogP contribution in [0.2, 0.25) is 0 Å². The van der Waals surface area contributed by atoms with Gasteiger partial charge in [0.2, 0.25) is 7.59 Å². The molecule has 0 radical (unpaired) electrons. The van der Waals surface area contributed by atoms with Gasteiger partial charge >= 0.3 is 17.9 Å². The molecule has 2 N–H and O–H groups in total. The Balaban J connectivity index is 2.80. The van der Waals surface area contributed by atoms with Gasteiger partial charge in [0.1, 0.15) is 24.5 Å². The highest BCUT2D eigenvalue weighted by atomic mass is 35.6. The number of esters is 1. The Morgan fingerprint density at radius 3 is 1.85 bits per heavy atom. The lowest BCUT2D eigenvalue weighted by Gasteiger charge is -2.18. The van der Waals surface area contributed by atoms with E-state index in [-0.39, 0.29) is 24.6 Å². The Kier molecular flexibility index (Phi) is 8.83. The molecule has 0 unspecified atom stereocenters. The lowest BCUT2D eigenvalue weighted by Crippen LogP contribution is -2.18. The van der Waals surface area contributed by atoms with E-state index >= 15 is 0 Å². The summed E-state index contributed by atoms with van der Waals surface area (Å²) in [5, 5.41) is 19.1. The van der Waals surface area contributed by atoms with Crippen LogP contribution in [0.25, 0.3) is 11.4 Å². The number of carboxylic acids is 2. The van der Waals surface area contributed by atoms with E-state index in [2.05, 4.69) is 15.0 Å². The summed E-state index contributed by atoms with van der Waals surface area (Å²) >= 11 is 35.1. The van der Waals surface area contributed by atoms with Crippen molar-refractivity contribution in [2.24, 2.45) is 0 Å². The number of hydrogen-bond donors (Lipinski definition) is 2. The highest BCUT2D eigenvalue weighted by Gasteiger charge is 2.35. The SMILES string of the molecule is CC(=O)OCCOc1c(-c2nc(C(Cl)(Cl)Cl)nc(C(Cl)(Cl)Cl)n2)ccc(C(=O)O)c1C(=O)O. The molecule has 0 atom stereocenters. The molecular weight excluding hydrogens is 571 g/mol. The zero-order valence-corrected chi connectivity index (χ0v) is 20.6. The largest absolute Gasteiger partial charge is 0.488 e. The Labute approximate surface area is 215 Å². The lowest BCUT2D eigenvalue weighted by molar-refractivity contribution is -0.141. The maximum atomic E-state index is 11.9. The predicted octanol–water partition coefficient (Wildman–Crippen LogP) is 4.53. The van der Waals surface area contributed by atoms with E-state index in [1.54, 1.807) is 0 Å². The molecule has 0 fully saturated rings. The Morgan fingerprint density at radius 1 is 0.879 bits per heavy atom. The number of ether oxygens (including phenoxy) is 2. The van der Waals surface area contributed by atoms with Gasteiger partial charge in [0.15, 0.2) is 17.5 Å². The first-order valence-electron chi connectivity index (χ1n) is 8.43. The molecule has 0 saturated carbocycles. The summed E-state index contributed by atoms with van der Waals surface area (Å²) in [6.45, 7) is 0.525. The van der Waals surface area contributed by atoms with E-state index in [4.69, 9.17) is 79.1 Å². The average Bonchev–Trinajstić information content (AvgIpc) is 2.68. The van der Waals surface area contributed by atoms with Gasteiger partial charge in [0.05, 0.1) is 11.1 Å². The van der Waals surface area contributed by atoms with E-state index in [1.165, 1.54) is 0 Å². The number of benzene rings is 1. The third-order valence-electron chi connectivity index (χ3n) is 3.62. The summed E-state index contributed by atoms with van der Waals surface area (Å²) in [4.78, 5) is 46.2. The Morgan fingerprint density at radius 2 is 1.42 bits per heavy atom. The first-order chi connectivity index (χ1) is 15.1. The van der Waals surface area contributed by atoms with Gasteiger partial charge in [0, 0.05) is 6.92 Å². The normalized spacial score (nSPS) is 11.7. The van der Waals surface area contributed by atoms with Crippen LogP contribution in [0.15, 0.2) is 12.1 Å². The number of halogens is 6. The van der Waals surface area contributed by atoms with Gasteiger partial charge in [-0.15, -0.1) is 0 Å². The molecule has 2 aromatic rings. The van der Waals surface area contributed by atoms with Crippen LogP contribution in [0, 0.1) is 0 Å². The minimum absolute atomic E-state index is 0.159. The van der Waals surface area contributed by atoms with Crippen LogP contribution in [0.1, 0.15) is 39.3 Å². The number of aromatic nitrogens is 3. The second kappa shape index (κ2) is 10.6. The highest BCUT2D eigenvalue weighted by molar-refractivity contribution is 6.67. The molecule has 178 valence electrons. The van der Waals surface area contributed by atoms with E-state index < -0.39 is 54.0 Å². The number of carbonyl (C=O) groups is 3. The van der Waals surface area contributed by atoms with E-state index in [0.717, 1.165) is 19.1 Å². The van der Waals surface area contributed by atoms with E-state index in [0.29, 0.717) is 0 Å². The van der Waals surface area contributed by atoms with Crippen LogP contribution in [0.5, 0.6) is 5.75 Å². The van der Waals surface area contributed by atoms with Crippen LogP contribution in [0.3, 0.4) is 0 Å². The van der Waals surface area contributed by atoms with Gasteiger partial charge < -0.3 is 19.7 Å². The zero-order valence-electron chi connectivity index (χ0n) is 16.1. The summed E-state index contributed by atoms with van der Waals surface area (Å²) in [6.07, 6.45) is 0. The number of carbonyl (C=O) groups excluding carboxylic acids is 1. The molecule has 1 aromatic heterocycles. The van der Waals surface area contributed by atoms with Crippen molar-refractivity contribution < 1.29 is 34.1 Å². The molecule has 0 bridgehead atoms. The summed E-state index contributed by atoms with van der Waals surface area (Å²) in [6, 6.07) is 2.13. The summed E-state index contributed by atoms with van der Waals surface area (Å²) in [7, 11) is 0. The number of nitrogens with zero attached hydrogens (tertiary/aromatic N) is 3. The van der Waals surface area contributed by atoms with Crippen molar-refractivity contribution in [3.05, 3.63) is 34.9 Å². The number of aromatic carboxylic acids is 2. The van der Waals surface area contributed by atoms with Crippen LogP contribution in [-0.4, -0.2) is 56.3 Å². The monoisotopic (exact) mass is 579 g/mol. The third kappa shape index (κ3) is 7.08. The Bertz CT molecular complexity index is 1070. The van der Waals surface area contributed by atoms with E-state index in [9.17, 15) is 24.6 Å². The van der Waals surface area contributed by atoms with Crippen molar-refractivity contribution in [1.82, 2.24) is 15.0 Å². The van der Waals surface area contributed by atoms with Crippen LogP contribution < -0.4 is 4.74 Å². The van der Waals surface area contributed by atoms with Crippen molar-refractivity contribution in [2.45, 2.75) is 14.5 Å². The molecule has 33 heavy (non-hydrogen) atoms. The summed E-state index contributed by atoms with van der Waals surface area (Å²) in [5.41, 5.74) is -1.51. The van der Waals surface area contributed by atoms with Gasteiger partial charge in [-0.1, -0.05) is 69.6 Å². The molecule has 0 aliphatic carbocycles. The van der Waals surface area contributed by atoms with Crippen molar-refractivity contribution >= 4 is 87.5 Å². The topological polar surface area (TPSA) is 149 Å². The fourth-order valence-corrected chi connectivity index (χ4v) is 2.89. The number of rotatable bonds is 7. The number of carboxylic acid groups (broad SMARTS) is 2. The van der Waals surface area contributed by atoms with Crippen LogP contribution in [-0.2, 0) is 17.1 Å². The van der Waals surface area contributed by atoms with Gasteiger partial charge in [-0.05, 0) is 12.1 Å². The molecular formula is C17H11Cl6N3O7. The molecule has 10 nitrogen and oxygen atoms in total. The van der Waals surface area contributed by atoms with Gasteiger partial charge in [-0.25, -0.2) is 24.5 Å². The molecule has 2 rings (SSSR count). The fraction of sp³-hybridized carbons (Fsp3) is 0.294. The molecule has 0 spiro atoms. The first-order valence-corrected chi connectivity index (χ1v) is 10.7. The molecule has 1 aromatic carbocycles. The van der Waals surface area contributed by atoms with Crippen molar-refractivity contribution in [2.75, 3.05) is 13.2 Å². The second-order valence-electron chi connectivity index (χ2n) is 5.97. The smallest absolute Gasteiger partial charge is 0.340 e.